The van der Waals surface area contributed by atoms with Gasteiger partial charge in [0, 0.05) is 30.9 Å². The summed E-state index contributed by atoms with van der Waals surface area (Å²) in [7, 11) is 3.04. The number of nitrogens with zero attached hydrogens (tertiary/aromatic N) is 4. The fraction of sp³-hybridized carbons (Fsp3) is 0.192. The quantitative estimate of drug-likeness (QED) is 0.333. The van der Waals surface area contributed by atoms with Gasteiger partial charge in [-0.15, -0.1) is 0 Å². The lowest BCUT2D eigenvalue weighted by molar-refractivity contribution is 0.0695. The average molecular weight is 501 g/mol. The molecule has 3 aromatic heterocycles. The number of ether oxygens (including phenoxy) is 2. The molecule has 0 aliphatic carbocycles. The third kappa shape index (κ3) is 4.99. The first-order valence-corrected chi connectivity index (χ1v) is 11.2. The molecule has 37 heavy (non-hydrogen) atoms. The number of benzene rings is 1. The van der Waals surface area contributed by atoms with E-state index in [0.29, 0.717) is 46.9 Å². The number of nitrogens with two attached hydrogens (primary N) is 2. The molecule has 188 valence electrons. The van der Waals surface area contributed by atoms with Crippen LogP contribution in [-0.4, -0.2) is 44.8 Å². The summed E-state index contributed by atoms with van der Waals surface area (Å²) in [5.74, 6) is 6.08. The number of rotatable bonds is 6. The van der Waals surface area contributed by atoms with Crippen molar-refractivity contribution in [2.45, 2.75) is 19.9 Å². The summed E-state index contributed by atoms with van der Waals surface area (Å²) in [4.78, 5) is 36.6. The highest BCUT2D eigenvalue weighted by atomic mass is 16.5. The van der Waals surface area contributed by atoms with E-state index in [1.807, 2.05) is 19.1 Å². The van der Waals surface area contributed by atoms with Crippen LogP contribution in [0.4, 0.5) is 11.8 Å². The second-order valence-corrected chi connectivity index (χ2v) is 7.98. The van der Waals surface area contributed by atoms with Gasteiger partial charge in [0.2, 0.25) is 11.4 Å². The summed E-state index contributed by atoms with van der Waals surface area (Å²) in [5, 5.41) is 9.55. The molecule has 0 fully saturated rings. The van der Waals surface area contributed by atoms with Gasteiger partial charge in [-0.1, -0.05) is 5.92 Å². The Morgan fingerprint density at radius 1 is 1.14 bits per heavy atom. The number of aryl methyl sites for hydroxylation is 1. The van der Waals surface area contributed by atoms with Crippen LogP contribution in [0.5, 0.6) is 11.5 Å². The van der Waals surface area contributed by atoms with E-state index in [-0.39, 0.29) is 22.7 Å². The number of anilines is 2. The van der Waals surface area contributed by atoms with E-state index in [9.17, 15) is 14.7 Å². The van der Waals surface area contributed by atoms with Crippen molar-refractivity contribution in [3.63, 3.8) is 0 Å². The number of aromatic nitrogens is 4. The van der Waals surface area contributed by atoms with Gasteiger partial charge in [-0.2, -0.15) is 4.98 Å². The molecule has 11 heteroatoms. The predicted molar refractivity (Wildman–Crippen MR) is 138 cm³/mol. The number of pyridine rings is 2. The van der Waals surface area contributed by atoms with Crippen LogP contribution in [0, 0.1) is 11.8 Å². The van der Waals surface area contributed by atoms with Crippen molar-refractivity contribution in [2.24, 2.45) is 0 Å². The molecule has 0 spiro atoms. The Labute approximate surface area is 211 Å². The Bertz CT molecular complexity index is 1650. The zero-order valence-electron chi connectivity index (χ0n) is 20.4. The van der Waals surface area contributed by atoms with Gasteiger partial charge in [-0.25, -0.2) is 14.8 Å². The third-order valence-corrected chi connectivity index (χ3v) is 5.67. The Balaban J connectivity index is 1.79. The van der Waals surface area contributed by atoms with Crippen molar-refractivity contribution in [1.29, 1.82) is 0 Å². The van der Waals surface area contributed by atoms with Crippen molar-refractivity contribution in [3.05, 3.63) is 74.8 Å². The molecule has 0 unspecified atom stereocenters. The van der Waals surface area contributed by atoms with Crippen LogP contribution in [0.3, 0.4) is 0 Å². The number of fused-ring (bicyclic) bond motifs is 1. The zero-order chi connectivity index (χ0) is 26.7. The number of aromatic carboxylic acids is 1. The molecule has 0 bridgehead atoms. The van der Waals surface area contributed by atoms with Gasteiger partial charge in [0.1, 0.15) is 22.7 Å². The van der Waals surface area contributed by atoms with Gasteiger partial charge in [0.15, 0.2) is 11.5 Å². The van der Waals surface area contributed by atoms with Crippen LogP contribution in [0.15, 0.2) is 41.5 Å². The van der Waals surface area contributed by atoms with Crippen LogP contribution in [0.25, 0.3) is 11.0 Å². The predicted octanol–water partition coefficient (Wildman–Crippen LogP) is 2.08. The van der Waals surface area contributed by atoms with Crippen LogP contribution in [0.2, 0.25) is 0 Å². The van der Waals surface area contributed by atoms with Crippen LogP contribution in [-0.2, 0) is 13.0 Å². The number of nitrogen functional groups attached to an aromatic ring is 2. The molecule has 3 heterocycles. The standard InChI is InChI=1S/C26H24N6O5/c1-4-32-13-19(25(34)35)21(33)18-8-7-17(30-24(18)32)6-5-15-9-14(11-20(36-2)22(15)37-3)10-16-12-29-26(28)31-23(16)27/h7-9,11-13H,4,10H2,1-3H3,(H,34,35)(H4,27,28,29,31). The summed E-state index contributed by atoms with van der Waals surface area (Å²) >= 11 is 0. The first kappa shape index (κ1) is 25.0. The normalized spacial score (nSPS) is 10.6. The monoisotopic (exact) mass is 500 g/mol. The van der Waals surface area contributed by atoms with Gasteiger partial charge < -0.3 is 30.6 Å². The maximum atomic E-state index is 12.6. The Hall–Kier alpha value is -5.11. The fourth-order valence-corrected chi connectivity index (χ4v) is 3.87. The minimum atomic E-state index is -1.29. The zero-order valence-corrected chi connectivity index (χ0v) is 20.4. The average Bonchev–Trinajstić information content (AvgIpc) is 2.88. The molecule has 0 saturated carbocycles. The molecule has 0 aliphatic rings. The van der Waals surface area contributed by atoms with Gasteiger partial charge >= 0.3 is 5.97 Å². The first-order chi connectivity index (χ1) is 17.7. The van der Waals surface area contributed by atoms with Crippen molar-refractivity contribution in [3.8, 4) is 23.3 Å². The second-order valence-electron chi connectivity index (χ2n) is 7.98. The highest BCUT2D eigenvalue weighted by Crippen LogP contribution is 2.33. The van der Waals surface area contributed by atoms with E-state index in [0.717, 1.165) is 5.56 Å². The van der Waals surface area contributed by atoms with E-state index >= 15 is 0 Å². The molecule has 4 rings (SSSR count). The van der Waals surface area contributed by atoms with E-state index in [1.165, 1.54) is 26.5 Å². The van der Waals surface area contributed by atoms with Gasteiger partial charge in [-0.3, -0.25) is 4.79 Å². The summed E-state index contributed by atoms with van der Waals surface area (Å²) in [6, 6.07) is 6.76. The highest BCUT2D eigenvalue weighted by Gasteiger charge is 2.16. The molecule has 0 amide bonds. The molecule has 0 atom stereocenters. The van der Waals surface area contributed by atoms with Gasteiger partial charge in [-0.05, 0) is 42.7 Å². The minimum Gasteiger partial charge on any atom is -0.493 e. The Kier molecular flexibility index (Phi) is 6.92. The topological polar surface area (TPSA) is 168 Å². The largest absolute Gasteiger partial charge is 0.493 e. The van der Waals surface area contributed by atoms with Gasteiger partial charge in [0.05, 0.1) is 25.2 Å². The molecule has 1 aromatic carbocycles. The number of methoxy groups -OCH3 is 2. The number of carboxylic acid groups (broad SMARTS) is 1. The first-order valence-electron chi connectivity index (χ1n) is 11.2. The number of hydrogen-bond donors (Lipinski definition) is 3. The SMILES string of the molecule is CCn1cc(C(=O)O)c(=O)c2ccc(C#Cc3cc(Cc4cnc(N)nc4N)cc(OC)c3OC)nc21. The van der Waals surface area contributed by atoms with Crippen molar-refractivity contribution >= 4 is 28.8 Å². The molecular formula is C26H24N6O5. The van der Waals surface area contributed by atoms with Crippen LogP contribution >= 0.6 is 0 Å². The third-order valence-electron chi connectivity index (χ3n) is 5.67. The maximum absolute atomic E-state index is 12.6. The fourth-order valence-electron chi connectivity index (χ4n) is 3.87. The number of carboxylic acids is 1. The van der Waals surface area contributed by atoms with Crippen molar-refractivity contribution in [2.75, 3.05) is 25.7 Å². The highest BCUT2D eigenvalue weighted by molar-refractivity contribution is 5.91. The molecule has 5 N–H and O–H groups in total. The molecule has 11 nitrogen and oxygen atoms in total. The smallest absolute Gasteiger partial charge is 0.341 e. The van der Waals surface area contributed by atoms with Crippen molar-refractivity contribution in [1.82, 2.24) is 19.5 Å². The molecule has 0 saturated heterocycles. The Morgan fingerprint density at radius 2 is 1.92 bits per heavy atom. The van der Waals surface area contributed by atoms with E-state index in [4.69, 9.17) is 20.9 Å². The summed E-state index contributed by atoms with van der Waals surface area (Å²) in [5.41, 5.74) is 13.5. The lowest BCUT2D eigenvalue weighted by Gasteiger charge is -2.13. The van der Waals surface area contributed by atoms with E-state index in [2.05, 4.69) is 26.8 Å². The molecule has 0 aliphatic heterocycles. The van der Waals surface area contributed by atoms with Crippen LogP contribution in [0.1, 0.15) is 39.7 Å². The van der Waals surface area contributed by atoms with E-state index < -0.39 is 11.4 Å². The number of hydrogen-bond acceptors (Lipinski definition) is 9. The summed E-state index contributed by atoms with van der Waals surface area (Å²) in [6.45, 7) is 2.25. The minimum absolute atomic E-state index is 0.0932. The summed E-state index contributed by atoms with van der Waals surface area (Å²) in [6.07, 6.45) is 3.27. The lowest BCUT2D eigenvalue weighted by Crippen LogP contribution is -2.19. The lowest BCUT2D eigenvalue weighted by atomic mass is 10.0. The maximum Gasteiger partial charge on any atom is 0.341 e. The van der Waals surface area contributed by atoms with E-state index in [1.54, 1.807) is 16.8 Å². The molecule has 4 aromatic rings. The van der Waals surface area contributed by atoms with Crippen molar-refractivity contribution < 1.29 is 19.4 Å². The Morgan fingerprint density at radius 3 is 2.57 bits per heavy atom. The second kappa shape index (κ2) is 10.2. The number of carbonyl (C=O) groups is 1. The van der Waals surface area contributed by atoms with Crippen LogP contribution < -0.4 is 26.4 Å². The molecular weight excluding hydrogens is 476 g/mol. The van der Waals surface area contributed by atoms with Gasteiger partial charge in [0.25, 0.3) is 0 Å². The summed E-state index contributed by atoms with van der Waals surface area (Å²) < 4.78 is 12.7. The molecule has 0 radical (unpaired) electrons.